The Kier molecular flexibility index (Phi) is 11.7. The Balaban J connectivity index is 1.61. The molecule has 0 spiro atoms. The van der Waals surface area contributed by atoms with Crippen molar-refractivity contribution in [3.05, 3.63) is 158 Å². The maximum absolute atomic E-state index is 13.6. The third kappa shape index (κ3) is 8.47. The second kappa shape index (κ2) is 15.9. The van der Waals surface area contributed by atoms with Crippen LogP contribution in [0.25, 0.3) is 11.6 Å². The van der Waals surface area contributed by atoms with Gasteiger partial charge < -0.3 is 4.74 Å². The Morgan fingerprint density at radius 1 is 0.632 bits per heavy atom. The quantitative estimate of drug-likeness (QED) is 0.141. The Bertz CT molecular complexity index is 2650. The Labute approximate surface area is 334 Å². The van der Waals surface area contributed by atoms with Gasteiger partial charge in [-0.25, -0.2) is 16.8 Å². The highest BCUT2D eigenvalue weighted by atomic mass is 32.3. The molecule has 6 nitrogen and oxygen atoms in total. The van der Waals surface area contributed by atoms with Gasteiger partial charge in [0.15, 0.2) is 0 Å². The third-order valence-corrected chi connectivity index (χ3v) is 13.7. The molecule has 57 heavy (non-hydrogen) atoms. The maximum Gasteiger partial charge on any atom is 0.512 e. The largest absolute Gasteiger partial charge is 0.512 e. The molecule has 6 rings (SSSR count). The van der Waals surface area contributed by atoms with Gasteiger partial charge >= 0.3 is 15.5 Å². The van der Waals surface area contributed by atoms with Crippen LogP contribution in [0, 0.1) is 0 Å². The van der Waals surface area contributed by atoms with Gasteiger partial charge in [0.25, 0.3) is 10.0 Å². The molecule has 0 saturated carbocycles. The number of ether oxygens (including phenoxy) is 1. The smallest absolute Gasteiger partial charge is 0.456 e. The van der Waals surface area contributed by atoms with Crippen LogP contribution in [0.15, 0.2) is 102 Å². The van der Waals surface area contributed by atoms with E-state index in [0.717, 1.165) is 26.5 Å². The zero-order valence-corrected chi connectivity index (χ0v) is 35.0. The van der Waals surface area contributed by atoms with Crippen molar-refractivity contribution in [2.75, 3.05) is 0 Å². The molecule has 5 aromatic carbocycles. The molecule has 0 bridgehead atoms. The van der Waals surface area contributed by atoms with E-state index in [2.05, 4.69) is 97.9 Å². The molecule has 0 amide bonds. The summed E-state index contributed by atoms with van der Waals surface area (Å²) >= 11 is 0. The van der Waals surface area contributed by atoms with Crippen LogP contribution in [0.2, 0.25) is 0 Å². The minimum absolute atomic E-state index is 0.0112. The molecule has 1 N–H and O–H groups in total. The lowest BCUT2D eigenvalue weighted by molar-refractivity contribution is -0.0441. The van der Waals surface area contributed by atoms with Crippen LogP contribution in [0.4, 0.5) is 13.2 Å². The molecule has 1 aliphatic rings. The van der Waals surface area contributed by atoms with Crippen LogP contribution < -0.4 is 19.3 Å². The zero-order chi connectivity index (χ0) is 41.6. The predicted octanol–water partition coefficient (Wildman–Crippen LogP) is 10.1. The number of rotatable bonds is 11. The van der Waals surface area contributed by atoms with E-state index in [9.17, 15) is 30.0 Å². The van der Waals surface area contributed by atoms with Crippen LogP contribution in [0.1, 0.15) is 129 Å². The average Bonchev–Trinajstić information content (AvgIpc) is 3.12. The molecule has 11 heteroatoms. The summed E-state index contributed by atoms with van der Waals surface area (Å²) in [7, 11) is -11.5. The van der Waals surface area contributed by atoms with Gasteiger partial charge in [0, 0.05) is 21.9 Å². The van der Waals surface area contributed by atoms with E-state index in [1.807, 2.05) is 30.3 Å². The van der Waals surface area contributed by atoms with Crippen molar-refractivity contribution in [1.82, 2.24) is 4.13 Å². The fraction of sp³-hybridized carbons (Fsp3) is 0.304. The van der Waals surface area contributed by atoms with Crippen molar-refractivity contribution in [2.24, 2.45) is 0 Å². The Hall–Kier alpha value is -4.71. The second-order valence-electron chi connectivity index (χ2n) is 15.8. The highest BCUT2D eigenvalue weighted by Crippen LogP contribution is 2.40. The number of hydrogen-bond donors (Lipinski definition) is 1. The van der Waals surface area contributed by atoms with Crippen molar-refractivity contribution < 1.29 is 34.7 Å². The molecular weight excluding hydrogens is 768 g/mol. The van der Waals surface area contributed by atoms with E-state index in [1.54, 1.807) is 12.1 Å². The number of sulfonamides is 2. The zero-order valence-electron chi connectivity index (χ0n) is 33.3. The maximum atomic E-state index is 13.6. The van der Waals surface area contributed by atoms with Gasteiger partial charge in [0.1, 0.15) is 11.5 Å². The number of nitrogens with one attached hydrogen (secondary N) is 1. The summed E-state index contributed by atoms with van der Waals surface area (Å²) in [5.41, 5.74) is 3.13. The van der Waals surface area contributed by atoms with Crippen molar-refractivity contribution >= 4 is 31.7 Å². The highest BCUT2D eigenvalue weighted by Gasteiger charge is 2.49. The molecule has 0 saturated heterocycles. The summed E-state index contributed by atoms with van der Waals surface area (Å²) in [5, 5.41) is 1.32. The number of fused-ring (bicyclic) bond motifs is 2. The Morgan fingerprint density at radius 3 is 1.75 bits per heavy atom. The van der Waals surface area contributed by atoms with E-state index in [-0.39, 0.29) is 29.2 Å². The van der Waals surface area contributed by atoms with E-state index in [0.29, 0.717) is 34.3 Å². The van der Waals surface area contributed by atoms with Crippen LogP contribution >= 0.6 is 0 Å². The van der Waals surface area contributed by atoms with Crippen molar-refractivity contribution in [3.8, 4) is 11.5 Å². The first-order valence-electron chi connectivity index (χ1n) is 19.1. The molecule has 0 unspecified atom stereocenters. The molecule has 0 atom stereocenters. The van der Waals surface area contributed by atoms with E-state index >= 15 is 0 Å². The first-order chi connectivity index (χ1) is 26.7. The molecule has 5 aromatic rings. The van der Waals surface area contributed by atoms with Gasteiger partial charge in [0.2, 0.25) is 0 Å². The summed E-state index contributed by atoms with van der Waals surface area (Å²) in [4.78, 5) is -0.633. The predicted molar refractivity (Wildman–Crippen MR) is 221 cm³/mol. The number of benzene rings is 5. The van der Waals surface area contributed by atoms with Gasteiger partial charge in [-0.1, -0.05) is 132 Å². The van der Waals surface area contributed by atoms with Crippen LogP contribution in [0.5, 0.6) is 11.5 Å². The summed E-state index contributed by atoms with van der Waals surface area (Å²) in [6, 6.07) is 29.4. The first-order valence-corrected chi connectivity index (χ1v) is 22.0. The number of halogens is 3. The monoisotopic (exact) mass is 815 g/mol. The van der Waals surface area contributed by atoms with Gasteiger partial charge in [-0.3, -0.25) is 0 Å². The molecular formula is C46H48F3NO5S2. The summed E-state index contributed by atoms with van der Waals surface area (Å²) in [6.45, 7) is 17.2. The lowest BCUT2D eigenvalue weighted by atomic mass is 9.85. The van der Waals surface area contributed by atoms with Gasteiger partial charge in [-0.05, 0) is 105 Å². The molecule has 1 aliphatic heterocycles. The lowest BCUT2D eigenvalue weighted by Gasteiger charge is -2.24. The van der Waals surface area contributed by atoms with Crippen molar-refractivity contribution in [3.63, 3.8) is 0 Å². The molecule has 300 valence electrons. The lowest BCUT2D eigenvalue weighted by Crippen LogP contribution is -2.40. The van der Waals surface area contributed by atoms with Crippen LogP contribution in [-0.4, -0.2) is 22.3 Å². The fourth-order valence-corrected chi connectivity index (χ4v) is 10.3. The molecule has 0 aliphatic carbocycles. The SMILES string of the molecule is CC(C)c1cccc(C(C)C)c1/C=c1\ccc2c(c1)Oc1cc(Cc3c(C(C)C)cccc3C(C)C)ccc1C=2c1ccccc1S(=O)(=O)NS(=O)(=O)C(F)(F)F. The third-order valence-electron chi connectivity index (χ3n) is 10.4. The minimum Gasteiger partial charge on any atom is -0.456 e. The average molecular weight is 816 g/mol. The summed E-state index contributed by atoms with van der Waals surface area (Å²) in [5.74, 6) is 1.89. The van der Waals surface area contributed by atoms with Gasteiger partial charge in [-0.15, -0.1) is 0 Å². The van der Waals surface area contributed by atoms with Gasteiger partial charge in [-0.2, -0.15) is 13.2 Å². The van der Waals surface area contributed by atoms with E-state index < -0.39 is 30.5 Å². The first kappa shape index (κ1) is 41.9. The van der Waals surface area contributed by atoms with Crippen molar-refractivity contribution in [1.29, 1.82) is 0 Å². The normalized spacial score (nSPS) is 13.7. The van der Waals surface area contributed by atoms with E-state index in [4.69, 9.17) is 4.74 Å². The second-order valence-corrected chi connectivity index (χ2v) is 19.4. The van der Waals surface area contributed by atoms with Crippen LogP contribution in [0.3, 0.4) is 0 Å². The summed E-state index contributed by atoms with van der Waals surface area (Å²) < 4.78 is 99.4. The Morgan fingerprint density at radius 2 is 1.19 bits per heavy atom. The molecule has 0 aromatic heterocycles. The van der Waals surface area contributed by atoms with Gasteiger partial charge in [0.05, 0.1) is 4.90 Å². The van der Waals surface area contributed by atoms with Crippen LogP contribution in [-0.2, 0) is 26.5 Å². The topological polar surface area (TPSA) is 89.5 Å². The van der Waals surface area contributed by atoms with E-state index in [1.165, 1.54) is 39.9 Å². The van der Waals surface area contributed by atoms with Crippen molar-refractivity contribution in [2.45, 2.75) is 95.9 Å². The molecule has 1 heterocycles. The standard InChI is InChI=1S/C46H48F3NO5S2/c1-27(2)33-14-11-15-34(28(3)4)40(33)23-31-19-21-37-42(25-31)55-43-26-32(24-41-35(29(5)6)16-12-17-36(41)30(7)8)20-22-38(43)45(37)39-13-9-10-18-44(39)56(51,52)50-57(53,54)46(47,48)49/h9-23,25-30,50H,24H2,1-8H3/b31-23+. The number of alkyl halides is 3. The molecule has 0 radical (unpaired) electrons. The molecule has 0 fully saturated rings. The number of hydrogen-bond acceptors (Lipinski definition) is 5. The minimum atomic E-state index is -6.26. The fourth-order valence-electron chi connectivity index (χ4n) is 7.64. The summed E-state index contributed by atoms with van der Waals surface area (Å²) in [6.07, 6.45) is 2.71. The highest BCUT2D eigenvalue weighted by molar-refractivity contribution is 8.05.